The van der Waals surface area contributed by atoms with Gasteiger partial charge in [-0.3, -0.25) is 0 Å². The van der Waals surface area contributed by atoms with E-state index in [2.05, 4.69) is 215 Å². The summed E-state index contributed by atoms with van der Waals surface area (Å²) in [5, 5.41) is 7.64. The van der Waals surface area contributed by atoms with E-state index in [9.17, 15) is 0 Å². The maximum absolute atomic E-state index is 2.42. The van der Waals surface area contributed by atoms with Crippen LogP contribution in [-0.4, -0.2) is 9.13 Å². The van der Waals surface area contributed by atoms with Crippen molar-refractivity contribution < 1.29 is 0 Å². The standard InChI is InChI=1S/C54H34N2S/c1-3-15-39(16-4-1)55-48-25-10-7-19-43(48)47-34-35(29-30-50(47)55)36-31-37(33-38(32-36)42-23-13-24-45-44-20-9-12-28-52(44)57-54(42)45)41-22-14-27-51-53(41)46-21-8-11-26-49(46)56(51)40-17-5-2-6-18-40/h1-34H. The Morgan fingerprint density at radius 3 is 1.60 bits per heavy atom. The number of thiophene rings is 1. The van der Waals surface area contributed by atoms with Crippen molar-refractivity contribution >= 4 is 75.1 Å². The summed E-state index contributed by atoms with van der Waals surface area (Å²) in [5.41, 5.74) is 14.5. The van der Waals surface area contributed by atoms with Crippen LogP contribution in [0.1, 0.15) is 0 Å². The Morgan fingerprint density at radius 1 is 0.298 bits per heavy atom. The van der Waals surface area contributed by atoms with Crippen molar-refractivity contribution in [2.75, 3.05) is 0 Å². The smallest absolute Gasteiger partial charge is 0.0547 e. The van der Waals surface area contributed by atoms with Crippen molar-refractivity contribution in [3.05, 3.63) is 206 Å². The van der Waals surface area contributed by atoms with Gasteiger partial charge in [0.2, 0.25) is 0 Å². The summed E-state index contributed by atoms with van der Waals surface area (Å²) in [6.07, 6.45) is 0. The van der Waals surface area contributed by atoms with Gasteiger partial charge >= 0.3 is 0 Å². The molecule has 0 atom stereocenters. The van der Waals surface area contributed by atoms with E-state index in [-0.39, 0.29) is 0 Å². The Bertz CT molecular complexity index is 3510. The normalized spacial score (nSPS) is 11.9. The molecule has 0 N–H and O–H groups in total. The summed E-state index contributed by atoms with van der Waals surface area (Å²) < 4.78 is 7.44. The zero-order valence-corrected chi connectivity index (χ0v) is 31.7. The number of para-hydroxylation sites is 4. The van der Waals surface area contributed by atoms with E-state index in [0.717, 1.165) is 5.69 Å². The average molecular weight is 743 g/mol. The molecule has 266 valence electrons. The minimum Gasteiger partial charge on any atom is -0.309 e. The van der Waals surface area contributed by atoms with E-state index in [1.54, 1.807) is 0 Å². The molecule has 0 radical (unpaired) electrons. The van der Waals surface area contributed by atoms with Crippen LogP contribution in [0.2, 0.25) is 0 Å². The first-order valence-corrected chi connectivity index (χ1v) is 20.3. The van der Waals surface area contributed by atoms with Gasteiger partial charge < -0.3 is 9.13 Å². The maximum Gasteiger partial charge on any atom is 0.0547 e. The molecule has 0 spiro atoms. The summed E-state index contributed by atoms with van der Waals surface area (Å²) in [6, 6.07) is 75.7. The molecule has 0 saturated carbocycles. The molecule has 0 amide bonds. The number of fused-ring (bicyclic) bond motifs is 9. The van der Waals surface area contributed by atoms with Gasteiger partial charge in [-0.2, -0.15) is 0 Å². The second kappa shape index (κ2) is 12.7. The van der Waals surface area contributed by atoms with E-state index in [1.807, 2.05) is 11.3 Å². The van der Waals surface area contributed by atoms with Gasteiger partial charge in [-0.05, 0) is 112 Å². The molecule has 2 nitrogen and oxygen atoms in total. The molecule has 0 fully saturated rings. The molecule has 0 unspecified atom stereocenters. The molecule has 0 bridgehead atoms. The van der Waals surface area contributed by atoms with Crippen LogP contribution >= 0.6 is 11.3 Å². The second-order valence-electron chi connectivity index (χ2n) is 14.9. The highest BCUT2D eigenvalue weighted by molar-refractivity contribution is 7.26. The highest BCUT2D eigenvalue weighted by Gasteiger charge is 2.19. The molecule has 12 rings (SSSR count). The highest BCUT2D eigenvalue weighted by Crippen LogP contribution is 2.45. The zero-order valence-electron chi connectivity index (χ0n) is 30.9. The van der Waals surface area contributed by atoms with Crippen LogP contribution in [-0.2, 0) is 0 Å². The van der Waals surface area contributed by atoms with E-state index < -0.39 is 0 Å². The number of aromatic nitrogens is 2. The van der Waals surface area contributed by atoms with Crippen molar-refractivity contribution in [3.8, 4) is 44.8 Å². The Hall–Kier alpha value is -7.20. The predicted molar refractivity (Wildman–Crippen MR) is 244 cm³/mol. The van der Waals surface area contributed by atoms with Gasteiger partial charge in [0.15, 0.2) is 0 Å². The summed E-state index contributed by atoms with van der Waals surface area (Å²) >= 11 is 1.89. The van der Waals surface area contributed by atoms with Gasteiger partial charge in [0.25, 0.3) is 0 Å². The molecule has 0 saturated heterocycles. The molecular weight excluding hydrogens is 709 g/mol. The summed E-state index contributed by atoms with van der Waals surface area (Å²) in [5.74, 6) is 0. The first-order chi connectivity index (χ1) is 28.3. The summed E-state index contributed by atoms with van der Waals surface area (Å²) in [6.45, 7) is 0. The largest absolute Gasteiger partial charge is 0.309 e. The van der Waals surface area contributed by atoms with Crippen molar-refractivity contribution in [2.24, 2.45) is 0 Å². The van der Waals surface area contributed by atoms with Crippen molar-refractivity contribution in [1.82, 2.24) is 9.13 Å². The van der Waals surface area contributed by atoms with Gasteiger partial charge in [-0.15, -0.1) is 11.3 Å². The third-order valence-corrected chi connectivity index (χ3v) is 12.9. The lowest BCUT2D eigenvalue weighted by atomic mass is 9.91. The Morgan fingerprint density at radius 2 is 0.825 bits per heavy atom. The fourth-order valence-electron chi connectivity index (χ4n) is 9.20. The fourth-order valence-corrected chi connectivity index (χ4v) is 10.4. The van der Waals surface area contributed by atoms with Crippen LogP contribution in [0.5, 0.6) is 0 Å². The van der Waals surface area contributed by atoms with Crippen LogP contribution in [0.15, 0.2) is 206 Å². The van der Waals surface area contributed by atoms with E-state index >= 15 is 0 Å². The van der Waals surface area contributed by atoms with Gasteiger partial charge in [0, 0.05) is 53.1 Å². The van der Waals surface area contributed by atoms with Gasteiger partial charge in [0.05, 0.1) is 22.1 Å². The van der Waals surface area contributed by atoms with E-state index in [4.69, 9.17) is 0 Å². The molecule has 0 aliphatic carbocycles. The monoisotopic (exact) mass is 742 g/mol. The number of nitrogens with zero attached hydrogens (tertiary/aromatic N) is 2. The van der Waals surface area contributed by atoms with E-state index in [1.165, 1.54) is 103 Å². The van der Waals surface area contributed by atoms with Crippen LogP contribution < -0.4 is 0 Å². The zero-order chi connectivity index (χ0) is 37.5. The quantitative estimate of drug-likeness (QED) is 0.166. The van der Waals surface area contributed by atoms with Crippen LogP contribution in [0.4, 0.5) is 0 Å². The van der Waals surface area contributed by atoms with Gasteiger partial charge in [-0.25, -0.2) is 0 Å². The predicted octanol–water partition coefficient (Wildman–Crippen LogP) is 15.2. The molecule has 9 aromatic carbocycles. The molecule has 3 heteroatoms. The third-order valence-electron chi connectivity index (χ3n) is 11.7. The fraction of sp³-hybridized carbons (Fsp3) is 0. The third kappa shape index (κ3) is 4.96. The Kier molecular flexibility index (Phi) is 7.13. The number of hydrogen-bond donors (Lipinski definition) is 0. The molecular formula is C54H34N2S. The molecule has 57 heavy (non-hydrogen) atoms. The second-order valence-corrected chi connectivity index (χ2v) is 15.9. The van der Waals surface area contributed by atoms with Crippen molar-refractivity contribution in [1.29, 1.82) is 0 Å². The van der Waals surface area contributed by atoms with Gasteiger partial charge in [0.1, 0.15) is 0 Å². The minimum atomic E-state index is 1.16. The van der Waals surface area contributed by atoms with Crippen LogP contribution in [0, 0.1) is 0 Å². The lowest BCUT2D eigenvalue weighted by Crippen LogP contribution is -1.93. The first-order valence-electron chi connectivity index (χ1n) is 19.5. The maximum atomic E-state index is 2.42. The molecule has 3 aromatic heterocycles. The SMILES string of the molecule is c1ccc(-n2c3ccccc3c3cc(-c4cc(-c5cccc6c5sc5ccccc56)cc(-c5cccc6c5c5ccccc5n6-c5ccccc5)c4)ccc32)cc1. The topological polar surface area (TPSA) is 9.86 Å². The number of rotatable bonds is 5. The molecule has 12 aromatic rings. The lowest BCUT2D eigenvalue weighted by Gasteiger charge is -2.14. The van der Waals surface area contributed by atoms with Crippen LogP contribution in [0.25, 0.3) is 109 Å². The number of benzene rings is 9. The lowest BCUT2D eigenvalue weighted by molar-refractivity contribution is 1.18. The Labute approximate surface area is 333 Å². The summed E-state index contributed by atoms with van der Waals surface area (Å²) in [4.78, 5) is 0. The van der Waals surface area contributed by atoms with E-state index in [0.29, 0.717) is 0 Å². The van der Waals surface area contributed by atoms with Gasteiger partial charge in [-0.1, -0.05) is 127 Å². The van der Waals surface area contributed by atoms with Crippen molar-refractivity contribution in [3.63, 3.8) is 0 Å². The van der Waals surface area contributed by atoms with Crippen LogP contribution in [0.3, 0.4) is 0 Å². The van der Waals surface area contributed by atoms with Crippen molar-refractivity contribution in [2.45, 2.75) is 0 Å². The molecule has 0 aliphatic heterocycles. The summed E-state index contributed by atoms with van der Waals surface area (Å²) in [7, 11) is 0. The highest BCUT2D eigenvalue weighted by atomic mass is 32.1. The first kappa shape index (κ1) is 32.1. The molecule has 0 aliphatic rings. The molecule has 3 heterocycles. The Balaban J connectivity index is 1.14. The minimum absolute atomic E-state index is 1.16. The number of hydrogen-bond acceptors (Lipinski definition) is 1. The average Bonchev–Trinajstić information content (AvgIpc) is 3.94.